The van der Waals surface area contributed by atoms with Crippen LogP contribution in [-0.4, -0.2) is 41.2 Å². The summed E-state index contributed by atoms with van der Waals surface area (Å²) in [6.45, 7) is 0.345. The Balaban J connectivity index is 1.54. The maximum Gasteiger partial charge on any atom is 0.332 e. The first-order valence-corrected chi connectivity index (χ1v) is 8.60. The minimum atomic E-state index is -0.491. The molecule has 0 spiro atoms. The quantitative estimate of drug-likeness (QED) is 0.518. The van der Waals surface area contributed by atoms with Gasteiger partial charge in [0.1, 0.15) is 11.5 Å². The Hall–Kier alpha value is -3.82. The van der Waals surface area contributed by atoms with E-state index < -0.39 is 11.2 Å². The largest absolute Gasteiger partial charge is 0.352 e. The van der Waals surface area contributed by atoms with Crippen molar-refractivity contribution in [3.63, 3.8) is 0 Å². The van der Waals surface area contributed by atoms with Crippen molar-refractivity contribution in [2.45, 2.75) is 6.42 Å². The molecule has 10 heteroatoms. The predicted octanol–water partition coefficient (Wildman–Crippen LogP) is -0.353. The average Bonchev–Trinajstić information content (AvgIpc) is 3.13. The lowest BCUT2D eigenvalue weighted by Gasteiger charge is -2.08. The van der Waals surface area contributed by atoms with E-state index in [1.807, 2.05) is 28.8 Å². The van der Waals surface area contributed by atoms with Gasteiger partial charge >= 0.3 is 5.69 Å². The summed E-state index contributed by atoms with van der Waals surface area (Å²) in [5.41, 5.74) is 0.260. The minimum Gasteiger partial charge on any atom is -0.352 e. The highest BCUT2D eigenvalue weighted by Gasteiger charge is 2.14. The van der Waals surface area contributed by atoms with Gasteiger partial charge in [-0.05, 0) is 18.2 Å². The topological polar surface area (TPSA) is 116 Å². The molecule has 4 rings (SSSR count). The summed E-state index contributed by atoms with van der Waals surface area (Å²) < 4.78 is 4.12. The molecule has 4 heterocycles. The summed E-state index contributed by atoms with van der Waals surface area (Å²) in [5.74, 6) is 0.371. The van der Waals surface area contributed by atoms with Gasteiger partial charge in [-0.1, -0.05) is 6.07 Å². The van der Waals surface area contributed by atoms with Crippen molar-refractivity contribution < 1.29 is 4.79 Å². The Bertz CT molecular complexity index is 1330. The molecule has 10 nitrogen and oxygen atoms in total. The molecular formula is C18H17N7O3. The number of aryl methyl sites for hydroxylation is 1. The third kappa shape index (κ3) is 2.84. The number of rotatable bonds is 4. The second-order valence-electron chi connectivity index (χ2n) is 6.35. The summed E-state index contributed by atoms with van der Waals surface area (Å²) in [4.78, 5) is 40.9. The fourth-order valence-corrected chi connectivity index (χ4v) is 3.04. The van der Waals surface area contributed by atoms with Gasteiger partial charge in [-0.2, -0.15) is 0 Å². The molecule has 0 radical (unpaired) electrons. The van der Waals surface area contributed by atoms with Gasteiger partial charge < -0.3 is 5.32 Å². The van der Waals surface area contributed by atoms with Crippen molar-refractivity contribution in [1.82, 2.24) is 34.0 Å². The number of hydrogen-bond acceptors (Lipinski definition) is 6. The Labute approximate surface area is 158 Å². The van der Waals surface area contributed by atoms with Crippen LogP contribution < -0.4 is 16.6 Å². The average molecular weight is 379 g/mol. The van der Waals surface area contributed by atoms with Crippen molar-refractivity contribution in [2.75, 3.05) is 6.54 Å². The molecule has 0 aliphatic rings. The molecule has 4 aromatic heterocycles. The summed E-state index contributed by atoms with van der Waals surface area (Å²) in [7, 11) is 2.92. The van der Waals surface area contributed by atoms with Crippen LogP contribution in [0.15, 0.2) is 46.2 Å². The number of amides is 1. The van der Waals surface area contributed by atoms with E-state index in [-0.39, 0.29) is 22.5 Å². The highest BCUT2D eigenvalue weighted by atomic mass is 16.2. The molecule has 0 fully saturated rings. The van der Waals surface area contributed by atoms with Gasteiger partial charge in [-0.3, -0.25) is 23.1 Å². The zero-order valence-electron chi connectivity index (χ0n) is 15.3. The first kappa shape index (κ1) is 17.6. The third-order valence-electron chi connectivity index (χ3n) is 4.57. The number of fused-ring (bicyclic) bond motifs is 2. The molecule has 1 amide bonds. The number of hydrogen-bond donors (Lipinski definition) is 1. The van der Waals surface area contributed by atoms with E-state index in [0.717, 1.165) is 16.0 Å². The second-order valence-corrected chi connectivity index (χ2v) is 6.35. The molecular weight excluding hydrogens is 362 g/mol. The maximum atomic E-state index is 12.5. The lowest BCUT2D eigenvalue weighted by molar-refractivity contribution is 0.0953. The molecule has 142 valence electrons. The number of nitrogens with zero attached hydrogens (tertiary/aromatic N) is 6. The normalized spacial score (nSPS) is 11.2. The fraction of sp³-hybridized carbons (Fsp3) is 0.222. The molecule has 0 saturated heterocycles. The fourth-order valence-electron chi connectivity index (χ4n) is 3.04. The van der Waals surface area contributed by atoms with Crippen LogP contribution in [0.4, 0.5) is 0 Å². The van der Waals surface area contributed by atoms with Crippen LogP contribution in [0.5, 0.6) is 0 Å². The molecule has 0 unspecified atom stereocenters. The lowest BCUT2D eigenvalue weighted by atomic mass is 10.2. The van der Waals surface area contributed by atoms with E-state index in [1.54, 1.807) is 0 Å². The van der Waals surface area contributed by atoms with Gasteiger partial charge in [-0.15, -0.1) is 10.2 Å². The van der Waals surface area contributed by atoms with Crippen LogP contribution in [0.25, 0.3) is 16.7 Å². The Morgan fingerprint density at radius 1 is 1.14 bits per heavy atom. The first-order valence-electron chi connectivity index (χ1n) is 8.60. The van der Waals surface area contributed by atoms with Gasteiger partial charge in [0, 0.05) is 39.5 Å². The van der Waals surface area contributed by atoms with E-state index in [4.69, 9.17) is 0 Å². The summed E-state index contributed by atoms with van der Waals surface area (Å²) in [6, 6.07) is 7.06. The monoisotopic (exact) mass is 379 g/mol. The van der Waals surface area contributed by atoms with Crippen LogP contribution in [-0.2, 0) is 20.5 Å². The molecule has 0 aliphatic heterocycles. The van der Waals surface area contributed by atoms with Crippen LogP contribution in [0, 0.1) is 0 Å². The van der Waals surface area contributed by atoms with Gasteiger partial charge in [0.25, 0.3) is 11.5 Å². The highest BCUT2D eigenvalue weighted by Crippen LogP contribution is 2.08. The van der Waals surface area contributed by atoms with Crippen LogP contribution in [0.3, 0.4) is 0 Å². The summed E-state index contributed by atoms with van der Waals surface area (Å²) in [6.07, 6.45) is 3.71. The zero-order chi connectivity index (χ0) is 19.8. The van der Waals surface area contributed by atoms with Gasteiger partial charge in [0.15, 0.2) is 5.65 Å². The summed E-state index contributed by atoms with van der Waals surface area (Å²) in [5, 5.41) is 11.2. The first-order chi connectivity index (χ1) is 13.5. The molecule has 0 aliphatic carbocycles. The van der Waals surface area contributed by atoms with Crippen LogP contribution in [0.1, 0.15) is 16.2 Å². The second kappa shape index (κ2) is 6.72. The van der Waals surface area contributed by atoms with Crippen molar-refractivity contribution in [2.24, 2.45) is 14.1 Å². The van der Waals surface area contributed by atoms with E-state index in [2.05, 4.69) is 20.5 Å². The standard InChI is InChI=1S/C18H17N7O3/c1-23-15-12(17(27)24(2)18(23)28)9-11(10-20-15)16(26)19-7-6-14-22-21-13-5-3-4-8-25(13)14/h3-5,8-10H,6-7H2,1-2H3,(H,19,26). The number of carbonyl (C=O) groups is 1. The number of aromatic nitrogens is 6. The molecule has 4 aromatic rings. The lowest BCUT2D eigenvalue weighted by Crippen LogP contribution is -2.37. The van der Waals surface area contributed by atoms with E-state index in [9.17, 15) is 14.4 Å². The van der Waals surface area contributed by atoms with E-state index >= 15 is 0 Å². The molecule has 0 saturated carbocycles. The van der Waals surface area contributed by atoms with Crippen molar-refractivity contribution >= 4 is 22.6 Å². The van der Waals surface area contributed by atoms with Gasteiger partial charge in [0.05, 0.1) is 10.9 Å². The summed E-state index contributed by atoms with van der Waals surface area (Å²) >= 11 is 0. The van der Waals surface area contributed by atoms with E-state index in [0.29, 0.717) is 13.0 Å². The van der Waals surface area contributed by atoms with Gasteiger partial charge in [0.2, 0.25) is 0 Å². The SMILES string of the molecule is Cn1c(=O)c2cc(C(=O)NCCc3nnc4ccccn34)cnc2n(C)c1=O. The minimum absolute atomic E-state index is 0.209. The molecule has 0 aromatic carbocycles. The zero-order valence-corrected chi connectivity index (χ0v) is 15.3. The Morgan fingerprint density at radius 3 is 2.79 bits per heavy atom. The third-order valence-corrected chi connectivity index (χ3v) is 4.57. The van der Waals surface area contributed by atoms with Crippen LogP contribution >= 0.6 is 0 Å². The molecule has 0 atom stereocenters. The highest BCUT2D eigenvalue weighted by molar-refractivity contribution is 5.96. The van der Waals surface area contributed by atoms with E-state index in [1.165, 1.54) is 30.9 Å². The predicted molar refractivity (Wildman–Crippen MR) is 101 cm³/mol. The Morgan fingerprint density at radius 2 is 1.96 bits per heavy atom. The van der Waals surface area contributed by atoms with Gasteiger partial charge in [-0.25, -0.2) is 9.78 Å². The molecule has 1 N–H and O–H groups in total. The van der Waals surface area contributed by atoms with Crippen LogP contribution in [0.2, 0.25) is 0 Å². The van der Waals surface area contributed by atoms with Crippen molar-refractivity contribution in [1.29, 1.82) is 0 Å². The molecule has 28 heavy (non-hydrogen) atoms. The van der Waals surface area contributed by atoms with Crippen molar-refractivity contribution in [3.05, 3.63) is 68.9 Å². The molecule has 0 bridgehead atoms. The van der Waals surface area contributed by atoms with Crippen molar-refractivity contribution in [3.8, 4) is 0 Å². The number of pyridine rings is 2. The Kier molecular flexibility index (Phi) is 4.22. The smallest absolute Gasteiger partial charge is 0.332 e. The number of carbonyl (C=O) groups excluding carboxylic acids is 1. The number of nitrogens with one attached hydrogen (secondary N) is 1. The maximum absolute atomic E-state index is 12.5.